The van der Waals surface area contributed by atoms with Crippen LogP contribution in [0.1, 0.15) is 23.0 Å². The lowest BCUT2D eigenvalue weighted by Gasteiger charge is -2.06. The maximum absolute atomic E-state index is 12.5. The first-order valence-electron chi connectivity index (χ1n) is 6.87. The molecule has 2 aromatic carbocycles. The molecular formula is C18H17NO3. The van der Waals surface area contributed by atoms with E-state index in [9.17, 15) is 4.79 Å². The summed E-state index contributed by atoms with van der Waals surface area (Å²) in [5, 5.41) is 8.51. The van der Waals surface area contributed by atoms with Gasteiger partial charge in [-0.1, -0.05) is 36.4 Å². The predicted octanol–water partition coefficient (Wildman–Crippen LogP) is 3.73. The van der Waals surface area contributed by atoms with E-state index in [1.807, 2.05) is 67.6 Å². The molecule has 22 heavy (non-hydrogen) atoms. The van der Waals surface area contributed by atoms with E-state index in [1.54, 1.807) is 4.57 Å². The Morgan fingerprint density at radius 1 is 0.955 bits per heavy atom. The second-order valence-electron chi connectivity index (χ2n) is 4.87. The standard InChI is InChI=1S/C16H13NO.C2H4O2/c1-12-11-14-9-5-6-10-15(14)17(12)16(18)13-7-3-2-4-8-13;1-2(3)4/h2-11H,1H3;1H3,(H,3,4). The van der Waals surface area contributed by atoms with Gasteiger partial charge in [-0.15, -0.1) is 0 Å². The zero-order valence-electron chi connectivity index (χ0n) is 12.5. The van der Waals surface area contributed by atoms with Gasteiger partial charge in [0, 0.05) is 23.6 Å². The molecule has 0 radical (unpaired) electrons. The number of carboxylic acid groups (broad SMARTS) is 1. The Kier molecular flexibility index (Phi) is 4.73. The minimum absolute atomic E-state index is 0.0225. The van der Waals surface area contributed by atoms with E-state index in [0.717, 1.165) is 23.5 Å². The van der Waals surface area contributed by atoms with Crippen LogP contribution in [0.4, 0.5) is 0 Å². The van der Waals surface area contributed by atoms with E-state index < -0.39 is 5.97 Å². The van der Waals surface area contributed by atoms with Crippen molar-refractivity contribution in [2.45, 2.75) is 13.8 Å². The van der Waals surface area contributed by atoms with E-state index in [-0.39, 0.29) is 5.91 Å². The molecule has 0 aliphatic carbocycles. The van der Waals surface area contributed by atoms with Crippen LogP contribution in [0.15, 0.2) is 60.7 Å². The molecule has 0 saturated heterocycles. The van der Waals surface area contributed by atoms with Gasteiger partial charge in [0.15, 0.2) is 0 Å². The van der Waals surface area contributed by atoms with Crippen LogP contribution in [-0.2, 0) is 4.79 Å². The van der Waals surface area contributed by atoms with Crippen molar-refractivity contribution in [1.29, 1.82) is 0 Å². The topological polar surface area (TPSA) is 59.3 Å². The van der Waals surface area contributed by atoms with E-state index in [0.29, 0.717) is 5.56 Å². The van der Waals surface area contributed by atoms with Crippen LogP contribution in [0.25, 0.3) is 10.9 Å². The highest BCUT2D eigenvalue weighted by Crippen LogP contribution is 2.20. The van der Waals surface area contributed by atoms with Gasteiger partial charge < -0.3 is 5.11 Å². The first kappa shape index (κ1) is 15.5. The van der Waals surface area contributed by atoms with E-state index in [4.69, 9.17) is 9.90 Å². The SMILES string of the molecule is CC(=O)O.Cc1cc2ccccc2n1C(=O)c1ccccc1. The molecule has 0 amide bonds. The molecule has 0 unspecified atom stereocenters. The molecule has 0 atom stereocenters. The van der Waals surface area contributed by atoms with Gasteiger partial charge in [-0.25, -0.2) is 0 Å². The molecule has 3 aromatic rings. The maximum atomic E-state index is 12.5. The number of aromatic nitrogens is 1. The number of aliphatic carboxylic acids is 1. The number of para-hydroxylation sites is 1. The predicted molar refractivity (Wildman–Crippen MR) is 86.2 cm³/mol. The Morgan fingerprint density at radius 2 is 1.50 bits per heavy atom. The van der Waals surface area contributed by atoms with Crippen LogP contribution in [0, 0.1) is 6.92 Å². The fourth-order valence-corrected chi connectivity index (χ4v) is 2.27. The van der Waals surface area contributed by atoms with Crippen LogP contribution in [-0.4, -0.2) is 21.6 Å². The summed E-state index contributed by atoms with van der Waals surface area (Å²) in [6.07, 6.45) is 0. The number of hydrogen-bond donors (Lipinski definition) is 1. The molecule has 0 aliphatic heterocycles. The van der Waals surface area contributed by atoms with E-state index >= 15 is 0 Å². The van der Waals surface area contributed by atoms with Crippen LogP contribution in [0.3, 0.4) is 0 Å². The molecule has 112 valence electrons. The van der Waals surface area contributed by atoms with Crippen LogP contribution < -0.4 is 0 Å². The molecule has 4 nitrogen and oxygen atoms in total. The quantitative estimate of drug-likeness (QED) is 0.744. The second-order valence-corrected chi connectivity index (χ2v) is 4.87. The molecule has 0 aliphatic rings. The lowest BCUT2D eigenvalue weighted by Crippen LogP contribution is -2.12. The zero-order valence-corrected chi connectivity index (χ0v) is 12.5. The lowest BCUT2D eigenvalue weighted by molar-refractivity contribution is -0.134. The monoisotopic (exact) mass is 295 g/mol. The Bertz CT molecular complexity index is 800. The Hall–Kier alpha value is -2.88. The van der Waals surface area contributed by atoms with Crippen molar-refractivity contribution in [2.75, 3.05) is 0 Å². The summed E-state index contributed by atoms with van der Waals surface area (Å²) in [5.41, 5.74) is 2.64. The molecule has 0 saturated carbocycles. The van der Waals surface area contributed by atoms with Crippen LogP contribution in [0.5, 0.6) is 0 Å². The first-order valence-corrected chi connectivity index (χ1v) is 6.87. The molecule has 0 fully saturated rings. The largest absolute Gasteiger partial charge is 0.481 e. The zero-order chi connectivity index (χ0) is 16.1. The summed E-state index contributed by atoms with van der Waals surface area (Å²) in [4.78, 5) is 21.5. The van der Waals surface area contributed by atoms with Crippen molar-refractivity contribution in [3.05, 3.63) is 71.9 Å². The average molecular weight is 295 g/mol. The summed E-state index contributed by atoms with van der Waals surface area (Å²) in [6.45, 7) is 3.04. The van der Waals surface area contributed by atoms with Crippen molar-refractivity contribution in [3.8, 4) is 0 Å². The van der Waals surface area contributed by atoms with Gasteiger partial charge in [0.2, 0.25) is 0 Å². The Morgan fingerprint density at radius 3 is 2.14 bits per heavy atom. The maximum Gasteiger partial charge on any atom is 0.300 e. The second kappa shape index (κ2) is 6.72. The summed E-state index contributed by atoms with van der Waals surface area (Å²) < 4.78 is 1.77. The third kappa shape index (κ3) is 3.41. The third-order valence-electron chi connectivity index (χ3n) is 3.12. The minimum atomic E-state index is -0.833. The Labute approximate surface area is 128 Å². The number of fused-ring (bicyclic) bond motifs is 1. The fraction of sp³-hybridized carbons (Fsp3) is 0.111. The van der Waals surface area contributed by atoms with E-state index in [1.165, 1.54) is 0 Å². The number of carbonyl (C=O) groups is 2. The fourth-order valence-electron chi connectivity index (χ4n) is 2.27. The molecule has 1 aromatic heterocycles. The van der Waals surface area contributed by atoms with Crippen LogP contribution >= 0.6 is 0 Å². The number of benzene rings is 2. The number of aryl methyl sites for hydroxylation is 1. The van der Waals surface area contributed by atoms with Gasteiger partial charge in [-0.05, 0) is 31.2 Å². The van der Waals surface area contributed by atoms with Crippen LogP contribution in [0.2, 0.25) is 0 Å². The lowest BCUT2D eigenvalue weighted by atomic mass is 10.2. The van der Waals surface area contributed by atoms with Crippen molar-refractivity contribution < 1.29 is 14.7 Å². The highest BCUT2D eigenvalue weighted by Gasteiger charge is 2.13. The number of hydrogen-bond acceptors (Lipinski definition) is 2. The Balaban J connectivity index is 0.000000396. The van der Waals surface area contributed by atoms with Crippen molar-refractivity contribution in [3.63, 3.8) is 0 Å². The third-order valence-corrected chi connectivity index (χ3v) is 3.12. The van der Waals surface area contributed by atoms with Crippen molar-refractivity contribution >= 4 is 22.8 Å². The van der Waals surface area contributed by atoms with Gasteiger partial charge in [-0.3, -0.25) is 14.2 Å². The summed E-state index contributed by atoms with van der Waals surface area (Å²) in [6, 6.07) is 19.3. The molecule has 0 spiro atoms. The number of rotatable bonds is 1. The normalized spacial score (nSPS) is 9.91. The first-order chi connectivity index (χ1) is 10.5. The average Bonchev–Trinajstić information content (AvgIpc) is 2.82. The number of nitrogens with zero attached hydrogens (tertiary/aromatic N) is 1. The minimum Gasteiger partial charge on any atom is -0.481 e. The number of carboxylic acids is 1. The van der Waals surface area contributed by atoms with Gasteiger partial charge in [0.1, 0.15) is 0 Å². The molecule has 1 heterocycles. The van der Waals surface area contributed by atoms with Gasteiger partial charge in [-0.2, -0.15) is 0 Å². The number of carbonyl (C=O) groups excluding carboxylic acids is 1. The van der Waals surface area contributed by atoms with Crippen molar-refractivity contribution in [2.24, 2.45) is 0 Å². The van der Waals surface area contributed by atoms with E-state index in [2.05, 4.69) is 0 Å². The van der Waals surface area contributed by atoms with Gasteiger partial charge >= 0.3 is 0 Å². The summed E-state index contributed by atoms with van der Waals surface area (Å²) >= 11 is 0. The van der Waals surface area contributed by atoms with Crippen molar-refractivity contribution in [1.82, 2.24) is 4.57 Å². The highest BCUT2D eigenvalue weighted by atomic mass is 16.4. The smallest absolute Gasteiger partial charge is 0.300 e. The summed E-state index contributed by atoms with van der Waals surface area (Å²) in [7, 11) is 0. The molecule has 1 N–H and O–H groups in total. The van der Waals surface area contributed by atoms with Gasteiger partial charge in [0.25, 0.3) is 11.9 Å². The molecular weight excluding hydrogens is 278 g/mol. The summed E-state index contributed by atoms with van der Waals surface area (Å²) in [5.74, 6) is -0.811. The molecule has 3 rings (SSSR count). The molecule has 0 bridgehead atoms. The highest BCUT2D eigenvalue weighted by molar-refractivity contribution is 6.02. The van der Waals surface area contributed by atoms with Gasteiger partial charge in [0.05, 0.1) is 5.52 Å². The molecule has 4 heteroatoms.